The van der Waals surface area contributed by atoms with Gasteiger partial charge < -0.3 is 40.0 Å². The molecule has 1 aliphatic rings. The van der Waals surface area contributed by atoms with Crippen LogP contribution < -0.4 is 5.73 Å². The van der Waals surface area contributed by atoms with Crippen molar-refractivity contribution in [2.24, 2.45) is 5.73 Å². The van der Waals surface area contributed by atoms with Gasteiger partial charge in [0.1, 0.15) is 31.0 Å². The lowest BCUT2D eigenvalue weighted by Crippen LogP contribution is -2.60. The van der Waals surface area contributed by atoms with Crippen LogP contribution in [0.15, 0.2) is 0 Å². The molecule has 0 amide bonds. The second-order valence-electron chi connectivity index (χ2n) is 17.0. The summed E-state index contributed by atoms with van der Waals surface area (Å²) in [7, 11) is 0. The van der Waals surface area contributed by atoms with Crippen molar-refractivity contribution in [2.45, 2.75) is 269 Å². The number of esters is 2. The van der Waals surface area contributed by atoms with Gasteiger partial charge >= 0.3 is 11.9 Å². The molecule has 338 valence electrons. The second kappa shape index (κ2) is 38.9. The molecule has 0 aromatic carbocycles. The fraction of sp³-hybridized carbons (Fsp3) is 0.957. The quantitative estimate of drug-likeness (QED) is 0.0346. The number of aliphatic hydroxyl groups is 3. The molecule has 1 fully saturated rings. The Morgan fingerprint density at radius 1 is 0.491 bits per heavy atom. The number of carbonyl (C=O) groups excluding carboxylic acids is 2. The summed E-state index contributed by atoms with van der Waals surface area (Å²) >= 11 is 0. The van der Waals surface area contributed by atoms with Gasteiger partial charge in [0.25, 0.3) is 0 Å². The van der Waals surface area contributed by atoms with Gasteiger partial charge in [0.2, 0.25) is 0 Å². The normalized spacial score (nSPS) is 20.1. The lowest BCUT2D eigenvalue weighted by Gasteiger charge is -2.40. The van der Waals surface area contributed by atoms with Crippen LogP contribution in [-0.2, 0) is 28.5 Å². The van der Waals surface area contributed by atoms with Crippen molar-refractivity contribution in [3.05, 3.63) is 0 Å². The molecule has 10 heteroatoms. The predicted molar refractivity (Wildman–Crippen MR) is 231 cm³/mol. The van der Waals surface area contributed by atoms with E-state index >= 15 is 0 Å². The lowest BCUT2D eigenvalue weighted by atomic mass is 9.99. The number of ether oxygens (including phenoxy) is 4. The first-order chi connectivity index (χ1) is 27.8. The topological polar surface area (TPSA) is 158 Å². The number of unbranched alkanes of at least 4 members (excludes halogenated alkanes) is 30. The monoisotopic (exact) mass is 814 g/mol. The molecule has 0 aliphatic carbocycles. The van der Waals surface area contributed by atoms with Crippen molar-refractivity contribution >= 4 is 11.9 Å². The molecule has 1 heterocycles. The average Bonchev–Trinajstić information content (AvgIpc) is 3.21. The summed E-state index contributed by atoms with van der Waals surface area (Å²) < 4.78 is 22.4. The standard InChI is InChI=1S/C47H91NO9/c1-3-5-7-9-11-13-15-17-18-19-20-21-22-24-26-28-30-32-34-36-43(50)56-40(39-55-47-46(53)45(52)44(51)41(37-48)57-47)38-54-42(49)35-33-31-29-27-25-23-16-14-12-10-8-6-4-2/h40-41,44-47,51-53H,3-39,48H2,1-2H3/t40-,41-,44-,45+,46-,47+/m1/s1. The highest BCUT2D eigenvalue weighted by Crippen LogP contribution is 2.22. The third-order valence-electron chi connectivity index (χ3n) is 11.5. The van der Waals surface area contributed by atoms with Gasteiger partial charge in [-0.2, -0.15) is 0 Å². The third kappa shape index (κ3) is 30.4. The Morgan fingerprint density at radius 2 is 0.842 bits per heavy atom. The Labute approximate surface area is 349 Å². The number of rotatable bonds is 41. The number of carbonyl (C=O) groups is 2. The highest BCUT2D eigenvalue weighted by atomic mass is 16.7. The molecular weight excluding hydrogens is 723 g/mol. The first-order valence-electron chi connectivity index (χ1n) is 24.2. The molecule has 0 saturated carbocycles. The minimum atomic E-state index is -1.53. The van der Waals surface area contributed by atoms with Crippen LogP contribution in [0.1, 0.15) is 232 Å². The Hall–Kier alpha value is -1.30. The molecule has 57 heavy (non-hydrogen) atoms. The van der Waals surface area contributed by atoms with Crippen LogP contribution in [0, 0.1) is 0 Å². The summed E-state index contributed by atoms with van der Waals surface area (Å²) in [5.41, 5.74) is 5.66. The van der Waals surface area contributed by atoms with Gasteiger partial charge in [0, 0.05) is 19.4 Å². The summed E-state index contributed by atoms with van der Waals surface area (Å²) in [5.74, 6) is -0.753. The van der Waals surface area contributed by atoms with Crippen LogP contribution in [0.2, 0.25) is 0 Å². The highest BCUT2D eigenvalue weighted by Gasteiger charge is 2.44. The van der Waals surface area contributed by atoms with Crippen LogP contribution in [0.25, 0.3) is 0 Å². The van der Waals surface area contributed by atoms with Gasteiger partial charge in [-0.05, 0) is 12.8 Å². The largest absolute Gasteiger partial charge is 0.462 e. The van der Waals surface area contributed by atoms with Crippen LogP contribution in [0.5, 0.6) is 0 Å². The van der Waals surface area contributed by atoms with E-state index in [0.717, 1.165) is 38.5 Å². The van der Waals surface area contributed by atoms with E-state index in [0.29, 0.717) is 6.42 Å². The summed E-state index contributed by atoms with van der Waals surface area (Å²) in [6, 6.07) is 0. The molecule has 0 aromatic rings. The molecule has 0 radical (unpaired) electrons. The molecule has 1 rings (SSSR count). The van der Waals surface area contributed by atoms with Crippen molar-refractivity contribution in [1.82, 2.24) is 0 Å². The number of nitrogens with two attached hydrogens (primary N) is 1. The maximum absolute atomic E-state index is 12.8. The molecule has 1 saturated heterocycles. The maximum atomic E-state index is 12.8. The van der Waals surface area contributed by atoms with Crippen LogP contribution >= 0.6 is 0 Å². The molecular formula is C47H91NO9. The van der Waals surface area contributed by atoms with E-state index in [1.807, 2.05) is 0 Å². The molecule has 0 spiro atoms. The number of aliphatic hydroxyl groups excluding tert-OH is 3. The van der Waals surface area contributed by atoms with Gasteiger partial charge in [-0.15, -0.1) is 0 Å². The summed E-state index contributed by atoms with van der Waals surface area (Å²) in [5, 5.41) is 30.8. The van der Waals surface area contributed by atoms with Crippen molar-refractivity contribution in [3.8, 4) is 0 Å². The molecule has 0 unspecified atom stereocenters. The SMILES string of the molecule is CCCCCCCCCCCCCCCCCCCCCC(=O)O[C@H](COC(=O)CCCCCCCCCCCCCCC)CO[C@H]1O[C@H](CN)[C@@H](O)[C@H](O)[C@H]1O. The minimum Gasteiger partial charge on any atom is -0.462 e. The van der Waals surface area contributed by atoms with Gasteiger partial charge in [-0.1, -0.05) is 206 Å². The van der Waals surface area contributed by atoms with E-state index < -0.39 is 42.8 Å². The van der Waals surface area contributed by atoms with E-state index in [9.17, 15) is 24.9 Å². The summed E-state index contributed by atoms with van der Waals surface area (Å²) in [6.45, 7) is 4.03. The fourth-order valence-electron chi connectivity index (χ4n) is 7.71. The molecule has 1 aliphatic heterocycles. The minimum absolute atomic E-state index is 0.0839. The maximum Gasteiger partial charge on any atom is 0.306 e. The predicted octanol–water partition coefficient (Wildman–Crippen LogP) is 10.5. The van der Waals surface area contributed by atoms with Gasteiger partial charge in [0.05, 0.1) is 6.61 Å². The number of hydrogen-bond donors (Lipinski definition) is 4. The Bertz CT molecular complexity index is 906. The zero-order valence-corrected chi connectivity index (χ0v) is 37.0. The molecule has 0 bridgehead atoms. The molecule has 0 aromatic heterocycles. The zero-order valence-electron chi connectivity index (χ0n) is 37.0. The van der Waals surface area contributed by atoms with Crippen LogP contribution in [0.4, 0.5) is 0 Å². The first kappa shape index (κ1) is 53.7. The van der Waals surface area contributed by atoms with Crippen molar-refractivity contribution in [2.75, 3.05) is 19.8 Å². The Balaban J connectivity index is 2.26. The van der Waals surface area contributed by atoms with Gasteiger partial charge in [-0.25, -0.2) is 0 Å². The van der Waals surface area contributed by atoms with Crippen molar-refractivity contribution in [1.29, 1.82) is 0 Å². The van der Waals surface area contributed by atoms with E-state index in [1.54, 1.807) is 0 Å². The average molecular weight is 814 g/mol. The van der Waals surface area contributed by atoms with E-state index in [4.69, 9.17) is 24.7 Å². The van der Waals surface area contributed by atoms with Gasteiger partial charge in [0.15, 0.2) is 12.4 Å². The van der Waals surface area contributed by atoms with Crippen molar-refractivity contribution in [3.63, 3.8) is 0 Å². The van der Waals surface area contributed by atoms with Gasteiger partial charge in [-0.3, -0.25) is 9.59 Å². The van der Waals surface area contributed by atoms with Crippen molar-refractivity contribution < 1.29 is 43.9 Å². The molecule has 5 N–H and O–H groups in total. The van der Waals surface area contributed by atoms with E-state index in [1.165, 1.54) is 167 Å². The zero-order chi connectivity index (χ0) is 41.6. The Kier molecular flexibility index (Phi) is 36.6. The molecule has 10 nitrogen and oxygen atoms in total. The van der Waals surface area contributed by atoms with E-state index in [2.05, 4.69) is 13.8 Å². The second-order valence-corrected chi connectivity index (χ2v) is 17.0. The third-order valence-corrected chi connectivity index (χ3v) is 11.5. The first-order valence-corrected chi connectivity index (χ1v) is 24.2. The smallest absolute Gasteiger partial charge is 0.306 e. The summed E-state index contributed by atoms with van der Waals surface area (Å²) in [4.78, 5) is 25.4. The fourth-order valence-corrected chi connectivity index (χ4v) is 7.71. The number of hydrogen-bond acceptors (Lipinski definition) is 10. The Morgan fingerprint density at radius 3 is 1.21 bits per heavy atom. The molecule has 6 atom stereocenters. The highest BCUT2D eigenvalue weighted by molar-refractivity contribution is 5.70. The summed E-state index contributed by atoms with van der Waals surface area (Å²) in [6.07, 6.45) is 33.3. The van der Waals surface area contributed by atoms with Crippen LogP contribution in [-0.4, -0.2) is 83.8 Å². The van der Waals surface area contributed by atoms with Crippen LogP contribution in [0.3, 0.4) is 0 Å². The van der Waals surface area contributed by atoms with E-state index in [-0.39, 0.29) is 32.1 Å². The lowest BCUT2D eigenvalue weighted by molar-refractivity contribution is -0.299.